The topological polar surface area (TPSA) is 37.3 Å². The van der Waals surface area contributed by atoms with Crippen molar-refractivity contribution in [3.05, 3.63) is 56.6 Å². The number of hydrogen-bond donors (Lipinski definition) is 1. The summed E-state index contributed by atoms with van der Waals surface area (Å²) < 4.78 is 15.0. The van der Waals surface area contributed by atoms with Gasteiger partial charge < -0.3 is 5.11 Å². The summed E-state index contributed by atoms with van der Waals surface area (Å²) in [6.45, 7) is 1.75. The lowest BCUT2D eigenvalue weighted by molar-refractivity contribution is 0.0703. The van der Waals surface area contributed by atoms with Gasteiger partial charge in [0.15, 0.2) is 0 Å². The van der Waals surface area contributed by atoms with Gasteiger partial charge in [-0.2, -0.15) is 0 Å². The zero-order valence-corrected chi connectivity index (χ0v) is 13.6. The number of carboxylic acid groups (broad SMARTS) is 1. The van der Waals surface area contributed by atoms with Crippen molar-refractivity contribution in [1.29, 1.82) is 0 Å². The van der Waals surface area contributed by atoms with E-state index in [1.165, 1.54) is 6.07 Å². The van der Waals surface area contributed by atoms with E-state index in [1.807, 2.05) is 0 Å². The van der Waals surface area contributed by atoms with Crippen molar-refractivity contribution in [3.8, 4) is 11.1 Å². The molecule has 0 spiro atoms. The van der Waals surface area contributed by atoms with E-state index in [1.54, 1.807) is 31.2 Å². The van der Waals surface area contributed by atoms with Gasteiger partial charge in [-0.1, -0.05) is 29.3 Å². The highest BCUT2D eigenvalue weighted by Crippen LogP contribution is 2.41. The zero-order valence-electron chi connectivity index (χ0n) is 11.3. The summed E-state index contributed by atoms with van der Waals surface area (Å²) >= 11 is 12.9. The molecule has 0 aliphatic carbocycles. The van der Waals surface area contributed by atoms with Crippen molar-refractivity contribution in [2.45, 2.75) is 6.92 Å². The monoisotopic (exact) mass is 354 g/mol. The summed E-state index contributed by atoms with van der Waals surface area (Å²) in [6.07, 6.45) is 0. The van der Waals surface area contributed by atoms with Crippen LogP contribution >= 0.6 is 34.5 Å². The van der Waals surface area contributed by atoms with E-state index < -0.39 is 11.8 Å². The Labute approximate surface area is 139 Å². The maximum absolute atomic E-state index is 14.3. The number of benzene rings is 2. The normalized spacial score (nSPS) is 11.1. The fourth-order valence-electron chi connectivity index (χ4n) is 2.34. The van der Waals surface area contributed by atoms with Gasteiger partial charge in [-0.25, -0.2) is 9.18 Å². The molecule has 1 heterocycles. The van der Waals surface area contributed by atoms with E-state index in [0.29, 0.717) is 31.3 Å². The molecule has 0 saturated carbocycles. The van der Waals surface area contributed by atoms with Crippen LogP contribution in [0.2, 0.25) is 10.0 Å². The van der Waals surface area contributed by atoms with Gasteiger partial charge in [0, 0.05) is 31.3 Å². The Morgan fingerprint density at radius 1 is 1.23 bits per heavy atom. The number of fused-ring (bicyclic) bond motifs is 1. The molecule has 0 fully saturated rings. The summed E-state index contributed by atoms with van der Waals surface area (Å²) in [7, 11) is 0. The van der Waals surface area contributed by atoms with Gasteiger partial charge in [-0.15, -0.1) is 11.3 Å². The second kappa shape index (κ2) is 5.54. The predicted molar refractivity (Wildman–Crippen MR) is 88.9 cm³/mol. The van der Waals surface area contributed by atoms with E-state index in [9.17, 15) is 14.3 Å². The quantitative estimate of drug-likeness (QED) is 0.610. The molecule has 0 aliphatic rings. The first-order chi connectivity index (χ1) is 10.4. The van der Waals surface area contributed by atoms with Crippen LogP contribution in [0, 0.1) is 12.7 Å². The van der Waals surface area contributed by atoms with Gasteiger partial charge in [0.2, 0.25) is 0 Å². The molecule has 2 aromatic carbocycles. The van der Waals surface area contributed by atoms with Crippen LogP contribution in [0.15, 0.2) is 30.3 Å². The highest BCUT2D eigenvalue weighted by molar-refractivity contribution is 7.21. The minimum Gasteiger partial charge on any atom is -0.477 e. The molecule has 0 radical (unpaired) electrons. The predicted octanol–water partition coefficient (Wildman–Crippen LogP) is 6.02. The summed E-state index contributed by atoms with van der Waals surface area (Å²) in [5.41, 5.74) is 1.28. The SMILES string of the molecule is Cc1cc(-c2c(C(=O)O)sc3cc(Cl)ccc23)c(F)cc1Cl. The summed E-state index contributed by atoms with van der Waals surface area (Å²) in [4.78, 5) is 11.6. The molecule has 0 bridgehead atoms. The summed E-state index contributed by atoms with van der Waals surface area (Å²) in [5.74, 6) is -1.65. The number of aryl methyl sites for hydroxylation is 1. The third-order valence-electron chi connectivity index (χ3n) is 3.36. The average molecular weight is 355 g/mol. The van der Waals surface area contributed by atoms with Crippen LogP contribution < -0.4 is 0 Å². The fraction of sp³-hybridized carbons (Fsp3) is 0.0625. The molecule has 1 N–H and O–H groups in total. The van der Waals surface area contributed by atoms with Crippen molar-refractivity contribution in [3.63, 3.8) is 0 Å². The minimum absolute atomic E-state index is 0.0814. The third-order valence-corrected chi connectivity index (χ3v) is 5.15. The van der Waals surface area contributed by atoms with E-state index in [2.05, 4.69) is 0 Å². The van der Waals surface area contributed by atoms with E-state index in [0.717, 1.165) is 11.3 Å². The van der Waals surface area contributed by atoms with E-state index in [-0.39, 0.29) is 10.4 Å². The number of halogens is 3. The molecule has 0 saturated heterocycles. The van der Waals surface area contributed by atoms with Gasteiger partial charge in [-0.3, -0.25) is 0 Å². The average Bonchev–Trinajstić information content (AvgIpc) is 2.81. The van der Waals surface area contributed by atoms with Crippen LogP contribution in [0.5, 0.6) is 0 Å². The lowest BCUT2D eigenvalue weighted by Crippen LogP contribution is -1.96. The maximum atomic E-state index is 14.3. The first-order valence-corrected chi connectivity index (χ1v) is 7.87. The second-order valence-corrected chi connectivity index (χ2v) is 6.73. The molecule has 22 heavy (non-hydrogen) atoms. The molecule has 3 aromatic rings. The minimum atomic E-state index is -1.10. The Hall–Kier alpha value is -1.62. The van der Waals surface area contributed by atoms with Crippen molar-refractivity contribution < 1.29 is 14.3 Å². The summed E-state index contributed by atoms with van der Waals surface area (Å²) in [6, 6.07) is 7.82. The Bertz CT molecular complexity index is 918. The molecular weight excluding hydrogens is 346 g/mol. The van der Waals surface area contributed by atoms with E-state index >= 15 is 0 Å². The second-order valence-electron chi connectivity index (χ2n) is 4.83. The standard InChI is InChI=1S/C16H9Cl2FO2S/c1-7-4-10(12(19)6-11(7)18)14-9-3-2-8(17)5-13(9)22-15(14)16(20)21/h2-6H,1H3,(H,20,21). The van der Waals surface area contributed by atoms with Gasteiger partial charge in [0.25, 0.3) is 0 Å². The molecule has 0 amide bonds. The van der Waals surface area contributed by atoms with Crippen molar-refractivity contribution in [2.75, 3.05) is 0 Å². The highest BCUT2D eigenvalue weighted by Gasteiger charge is 2.22. The number of thiophene rings is 1. The molecule has 0 aliphatic heterocycles. The van der Waals surface area contributed by atoms with Gasteiger partial charge in [-0.05, 0) is 36.8 Å². The number of carbonyl (C=O) groups is 1. The van der Waals surface area contributed by atoms with Gasteiger partial charge in [0.1, 0.15) is 10.7 Å². The number of aromatic carboxylic acids is 1. The molecule has 112 valence electrons. The van der Waals surface area contributed by atoms with Crippen LogP contribution in [0.4, 0.5) is 4.39 Å². The first kappa shape index (κ1) is 15.3. The molecule has 0 unspecified atom stereocenters. The molecule has 1 aromatic heterocycles. The van der Waals surface area contributed by atoms with Crippen LogP contribution in [-0.2, 0) is 0 Å². The zero-order chi connectivity index (χ0) is 16.0. The number of rotatable bonds is 2. The third kappa shape index (κ3) is 2.47. The fourth-order valence-corrected chi connectivity index (χ4v) is 3.82. The van der Waals surface area contributed by atoms with Crippen LogP contribution in [-0.4, -0.2) is 11.1 Å². The Balaban J connectivity index is 2.41. The lowest BCUT2D eigenvalue weighted by atomic mass is 9.99. The first-order valence-electron chi connectivity index (χ1n) is 6.30. The number of hydrogen-bond acceptors (Lipinski definition) is 2. The molecular formula is C16H9Cl2FO2S. The van der Waals surface area contributed by atoms with E-state index in [4.69, 9.17) is 23.2 Å². The van der Waals surface area contributed by atoms with Crippen molar-refractivity contribution >= 4 is 50.6 Å². The largest absolute Gasteiger partial charge is 0.477 e. The highest BCUT2D eigenvalue weighted by atomic mass is 35.5. The molecule has 0 atom stereocenters. The van der Waals surface area contributed by atoms with Crippen molar-refractivity contribution in [1.82, 2.24) is 0 Å². The molecule has 3 rings (SSSR count). The maximum Gasteiger partial charge on any atom is 0.346 e. The van der Waals surface area contributed by atoms with Crippen molar-refractivity contribution in [2.24, 2.45) is 0 Å². The molecule has 2 nitrogen and oxygen atoms in total. The smallest absolute Gasteiger partial charge is 0.346 e. The van der Waals surface area contributed by atoms with Crippen LogP contribution in [0.25, 0.3) is 21.2 Å². The Kier molecular flexibility index (Phi) is 3.85. The number of carboxylic acids is 1. The van der Waals surface area contributed by atoms with Crippen LogP contribution in [0.1, 0.15) is 15.2 Å². The Morgan fingerprint density at radius 3 is 2.64 bits per heavy atom. The lowest BCUT2D eigenvalue weighted by Gasteiger charge is -2.07. The molecule has 6 heteroatoms. The summed E-state index contributed by atoms with van der Waals surface area (Å²) in [5, 5.41) is 10.9. The van der Waals surface area contributed by atoms with Crippen LogP contribution in [0.3, 0.4) is 0 Å². The van der Waals surface area contributed by atoms with Gasteiger partial charge in [0.05, 0.1) is 0 Å². The Morgan fingerprint density at radius 2 is 1.95 bits per heavy atom. The van der Waals surface area contributed by atoms with Gasteiger partial charge >= 0.3 is 5.97 Å².